The van der Waals surface area contributed by atoms with E-state index in [2.05, 4.69) is 31.8 Å². The van der Waals surface area contributed by atoms with Crippen molar-refractivity contribution in [1.29, 1.82) is 0 Å². The quantitative estimate of drug-likeness (QED) is 0.0107. The van der Waals surface area contributed by atoms with E-state index in [1.54, 1.807) is 53.4 Å². The summed E-state index contributed by atoms with van der Waals surface area (Å²) in [5.74, 6) is -0.504. The zero-order valence-corrected chi connectivity index (χ0v) is 38.6. The van der Waals surface area contributed by atoms with Gasteiger partial charge in [0.2, 0.25) is 5.91 Å². The van der Waals surface area contributed by atoms with Crippen LogP contribution in [0.5, 0.6) is 28.7 Å². The van der Waals surface area contributed by atoms with Crippen LogP contribution in [0.1, 0.15) is 88.1 Å². The van der Waals surface area contributed by atoms with E-state index in [0.717, 1.165) is 43.4 Å². The van der Waals surface area contributed by atoms with Gasteiger partial charge in [-0.25, -0.2) is 5.26 Å². The van der Waals surface area contributed by atoms with E-state index in [0.29, 0.717) is 65.3 Å². The predicted octanol–water partition coefficient (Wildman–Crippen LogP) is 12.7. The molecule has 2 amide bonds. The van der Waals surface area contributed by atoms with E-state index in [9.17, 15) is 32.8 Å². The van der Waals surface area contributed by atoms with E-state index in [1.807, 2.05) is 32.0 Å². The smallest absolute Gasteiger partial charge is 0.294 e. The number of carbonyl (C=O) groups excluding carboxylic acids is 2. The van der Waals surface area contributed by atoms with Crippen LogP contribution < -0.4 is 19.7 Å². The maximum atomic E-state index is 14.7. The van der Waals surface area contributed by atoms with Crippen molar-refractivity contribution in [2.24, 2.45) is 10.2 Å². The maximum Gasteiger partial charge on any atom is 0.294 e. The third kappa shape index (κ3) is 12.1. The van der Waals surface area contributed by atoms with Crippen LogP contribution >= 0.6 is 12.0 Å². The normalized spacial score (nSPS) is 11.7. The molecular weight excluding hydrogens is 889 g/mol. The van der Waals surface area contributed by atoms with Crippen molar-refractivity contribution in [3.05, 3.63) is 102 Å². The summed E-state index contributed by atoms with van der Waals surface area (Å²) in [5, 5.41) is 47.6. The number of hydrogen-bond acceptors (Lipinski definition) is 14. The Morgan fingerprint density at radius 2 is 1.52 bits per heavy atom. The van der Waals surface area contributed by atoms with Crippen LogP contribution in [0.4, 0.5) is 22.7 Å². The lowest BCUT2D eigenvalue weighted by Crippen LogP contribution is -2.32. The second-order valence-electron chi connectivity index (χ2n) is 15.5. The zero-order chi connectivity index (χ0) is 47.4. The Kier molecular flexibility index (Phi) is 16.9. The molecule has 0 atom stereocenters. The van der Waals surface area contributed by atoms with Crippen molar-refractivity contribution in [2.75, 3.05) is 23.4 Å². The van der Waals surface area contributed by atoms with Crippen molar-refractivity contribution < 1.29 is 56.9 Å². The minimum absolute atomic E-state index is 0.00356. The summed E-state index contributed by atoms with van der Waals surface area (Å²) in [7, 11) is -4.74. The van der Waals surface area contributed by atoms with Gasteiger partial charge in [0, 0.05) is 29.6 Å². The molecule has 6 aromatic carbocycles. The molecule has 16 nitrogen and oxygen atoms in total. The number of hydrogen-bond donors (Lipinski definition) is 5. The topological polar surface area (TPSA) is 226 Å². The third-order valence-corrected chi connectivity index (χ3v) is 12.0. The van der Waals surface area contributed by atoms with Gasteiger partial charge in [-0.3, -0.25) is 14.1 Å². The summed E-state index contributed by atoms with van der Waals surface area (Å²) >= 11 is 0.408. The first-order valence-electron chi connectivity index (χ1n) is 21.5. The number of aromatic hydroxyl groups is 2. The number of ether oxygens (including phenoxy) is 2. The molecule has 0 aliphatic rings. The second kappa shape index (κ2) is 22.8. The molecule has 0 aliphatic heterocycles. The van der Waals surface area contributed by atoms with Crippen LogP contribution in [0.15, 0.2) is 111 Å². The second-order valence-corrected chi connectivity index (χ2v) is 17.7. The molecule has 0 bridgehead atoms. The third-order valence-electron chi connectivity index (χ3n) is 10.6. The molecule has 0 fully saturated rings. The molecule has 0 saturated carbocycles. The molecule has 5 N–H and O–H groups in total. The van der Waals surface area contributed by atoms with E-state index in [4.69, 9.17) is 14.7 Å². The summed E-state index contributed by atoms with van der Waals surface area (Å²) in [5.41, 5.74) is 1.55. The lowest BCUT2D eigenvalue weighted by molar-refractivity contribution is -0.432. The first-order chi connectivity index (χ1) is 31.7. The average molecular weight is 941 g/mol. The average Bonchev–Trinajstić information content (AvgIpc) is 3.29. The molecule has 0 spiro atoms. The Labute approximate surface area is 387 Å². The number of unbranched alkanes of at least 4 members (excludes halogenated alkanes) is 6. The number of amides is 2. The molecule has 0 aromatic heterocycles. The number of aryl methyl sites for hydroxylation is 1. The highest BCUT2D eigenvalue weighted by molar-refractivity contribution is 7.94. The Hall–Kier alpha value is -6.28. The van der Waals surface area contributed by atoms with Gasteiger partial charge in [0.1, 0.15) is 28.7 Å². The zero-order valence-electron chi connectivity index (χ0n) is 36.9. The van der Waals surface area contributed by atoms with Crippen LogP contribution in [-0.2, 0) is 24.3 Å². The minimum Gasteiger partial charge on any atom is -0.506 e. The number of fused-ring (bicyclic) bond motifs is 2. The Morgan fingerprint density at radius 1 is 0.803 bits per heavy atom. The number of nitrogens with zero attached hydrogens (tertiary/aromatic N) is 3. The first-order valence-corrected chi connectivity index (χ1v) is 23.6. The highest BCUT2D eigenvalue weighted by Crippen LogP contribution is 2.47. The predicted molar refractivity (Wildman–Crippen MR) is 253 cm³/mol. The molecule has 6 rings (SSSR count). The van der Waals surface area contributed by atoms with Crippen molar-refractivity contribution in [3.63, 3.8) is 0 Å². The van der Waals surface area contributed by atoms with Gasteiger partial charge in [0.25, 0.3) is 16.0 Å². The molecule has 0 heterocycles. The molecule has 66 heavy (non-hydrogen) atoms. The van der Waals surface area contributed by atoms with Gasteiger partial charge in [-0.05, 0) is 91.4 Å². The van der Waals surface area contributed by atoms with Crippen LogP contribution in [0.2, 0.25) is 0 Å². The van der Waals surface area contributed by atoms with E-state index >= 15 is 0 Å². The van der Waals surface area contributed by atoms with Crippen LogP contribution in [0.25, 0.3) is 21.5 Å². The highest BCUT2D eigenvalue weighted by Gasteiger charge is 2.27. The van der Waals surface area contributed by atoms with E-state index < -0.39 is 32.6 Å². The van der Waals surface area contributed by atoms with Crippen LogP contribution in [0.3, 0.4) is 0 Å². The molecule has 0 aliphatic carbocycles. The number of benzene rings is 6. The molecule has 6 aromatic rings. The number of phenols is 2. The molecule has 348 valence electrons. The SMILES string of the molecule is CCCCCCCCOc1ccc(C)cc1N(CCCC)C(=O)c1cc(Oc2ccc(N=Nc3c(SOOO)cc4cc(S(=O)(=O)O)cc(NC(C)=O)c4c3O)cc2)c2ccccc2c1O. The lowest BCUT2D eigenvalue weighted by Gasteiger charge is -2.26. The van der Waals surface area contributed by atoms with Gasteiger partial charge >= 0.3 is 0 Å². The Morgan fingerprint density at radius 3 is 2.21 bits per heavy atom. The number of carbonyl (C=O) groups is 2. The molecule has 0 radical (unpaired) electrons. The van der Waals surface area contributed by atoms with Gasteiger partial charge in [-0.15, -0.1) is 9.45 Å². The van der Waals surface area contributed by atoms with Crippen LogP contribution in [0, 0.1) is 6.92 Å². The van der Waals surface area contributed by atoms with Crippen molar-refractivity contribution in [2.45, 2.75) is 88.9 Å². The summed E-state index contributed by atoms with van der Waals surface area (Å²) in [4.78, 5) is 27.9. The largest absolute Gasteiger partial charge is 0.506 e. The molecule has 0 unspecified atom stereocenters. The van der Waals surface area contributed by atoms with E-state index in [-0.39, 0.29) is 44.0 Å². The van der Waals surface area contributed by atoms with Gasteiger partial charge in [0.05, 0.1) is 51.1 Å². The fraction of sp³-hybridized carbons (Fsp3) is 0.292. The lowest BCUT2D eigenvalue weighted by atomic mass is 10.0. The number of rotatable bonds is 22. The van der Waals surface area contributed by atoms with E-state index in [1.165, 1.54) is 38.3 Å². The molecular formula is C48H52N4O12S2. The summed E-state index contributed by atoms with van der Waals surface area (Å²) < 4.78 is 51.1. The highest BCUT2D eigenvalue weighted by atomic mass is 32.2. The summed E-state index contributed by atoms with van der Waals surface area (Å²) in [6, 6.07) is 24.1. The Balaban J connectivity index is 1.31. The summed E-state index contributed by atoms with van der Waals surface area (Å²) in [6.07, 6.45) is 8.23. The monoisotopic (exact) mass is 940 g/mol. The number of anilines is 2. The fourth-order valence-electron chi connectivity index (χ4n) is 7.32. The number of phenolic OH excluding ortho intramolecular Hbond substituents is 2. The molecule has 18 heteroatoms. The summed E-state index contributed by atoms with van der Waals surface area (Å²) in [6.45, 7) is 8.27. The van der Waals surface area contributed by atoms with Crippen molar-refractivity contribution in [3.8, 4) is 28.7 Å². The standard InChI is InChI=1S/C48H52N4O12S2/c1-5-7-9-10-11-14-24-61-41-22-17-30(3)25-40(41)52(23-8-6-2)48(56)38-29-42(36-15-12-13-16-37(36)46(38)54)62-34-20-18-33(19-21-34)50-51-45-43(65-64-63-57)27-32-26-35(66(58,59)60)28-39(49-31(4)53)44(32)47(45)55/h12-13,15-22,25-29,54-55,57H,5-11,14,23-24H2,1-4H3,(H,49,53)(H,58,59,60). The van der Waals surface area contributed by atoms with Gasteiger partial charge in [-0.2, -0.15) is 13.5 Å². The number of nitrogens with one attached hydrogen (secondary N) is 1. The Bertz CT molecular complexity index is 2840. The van der Waals surface area contributed by atoms with Crippen molar-refractivity contribution in [1.82, 2.24) is 0 Å². The van der Waals surface area contributed by atoms with Gasteiger partial charge in [0.15, 0.2) is 5.75 Å². The van der Waals surface area contributed by atoms with Gasteiger partial charge in [-0.1, -0.05) is 87.7 Å². The molecule has 0 saturated heterocycles. The maximum absolute atomic E-state index is 14.7. The first kappa shape index (κ1) is 49.2. The fourth-order valence-corrected chi connectivity index (χ4v) is 8.35. The van der Waals surface area contributed by atoms with Crippen molar-refractivity contribution >= 4 is 78.3 Å². The van der Waals surface area contributed by atoms with Gasteiger partial charge < -0.3 is 29.9 Å². The van der Waals surface area contributed by atoms with Crippen LogP contribution in [-0.4, -0.2) is 53.4 Å². The number of azo groups is 1. The minimum atomic E-state index is -4.74.